The second-order valence-corrected chi connectivity index (χ2v) is 9.63. The number of hydrogen-bond acceptors (Lipinski definition) is 6. The molecule has 1 N–H and O–H groups in total. The number of carbonyl (C=O) groups excluding carboxylic acids is 3. The zero-order chi connectivity index (χ0) is 24.4. The first-order valence-corrected chi connectivity index (χ1v) is 12.0. The SMILES string of the molecule is C=CCCOC(=O)[C@@H]1[C@H]2C(=O)N(CCO)C(C(=O)N(CC=C)CCCC)C23CC(C)[C@@]1(C)O3. The largest absolute Gasteiger partial charge is 0.465 e. The highest BCUT2D eigenvalue weighted by atomic mass is 16.6. The van der Waals surface area contributed by atoms with Crippen molar-refractivity contribution in [3.05, 3.63) is 25.3 Å². The topological polar surface area (TPSA) is 96.4 Å². The maximum atomic E-state index is 13.9. The van der Waals surface area contributed by atoms with Gasteiger partial charge in [0.15, 0.2) is 0 Å². The van der Waals surface area contributed by atoms with Crippen molar-refractivity contribution in [3.63, 3.8) is 0 Å². The van der Waals surface area contributed by atoms with Gasteiger partial charge in [-0.2, -0.15) is 0 Å². The van der Waals surface area contributed by atoms with Gasteiger partial charge in [0, 0.05) is 19.6 Å². The molecule has 0 saturated carbocycles. The van der Waals surface area contributed by atoms with Crippen LogP contribution in [0.3, 0.4) is 0 Å². The maximum Gasteiger partial charge on any atom is 0.312 e. The zero-order valence-corrected chi connectivity index (χ0v) is 20.1. The number of likely N-dealkylation sites (tertiary alicyclic amines) is 1. The van der Waals surface area contributed by atoms with E-state index in [9.17, 15) is 19.5 Å². The Bertz CT molecular complexity index is 800. The summed E-state index contributed by atoms with van der Waals surface area (Å²) in [7, 11) is 0. The Hall–Kier alpha value is -2.19. The van der Waals surface area contributed by atoms with Crippen LogP contribution in [0.4, 0.5) is 0 Å². The molecular weight excluding hydrogens is 424 g/mol. The van der Waals surface area contributed by atoms with Gasteiger partial charge >= 0.3 is 5.97 Å². The van der Waals surface area contributed by atoms with Crippen LogP contribution in [0.25, 0.3) is 0 Å². The minimum absolute atomic E-state index is 0.00981. The van der Waals surface area contributed by atoms with E-state index >= 15 is 0 Å². The molecule has 0 aliphatic carbocycles. The van der Waals surface area contributed by atoms with Crippen LogP contribution in [0.1, 0.15) is 46.5 Å². The van der Waals surface area contributed by atoms with Gasteiger partial charge in [0.05, 0.1) is 24.7 Å². The number of carbonyl (C=O) groups is 3. The maximum absolute atomic E-state index is 13.9. The van der Waals surface area contributed by atoms with Crippen LogP contribution >= 0.6 is 0 Å². The molecule has 0 aromatic carbocycles. The van der Waals surface area contributed by atoms with Gasteiger partial charge in [0.25, 0.3) is 0 Å². The summed E-state index contributed by atoms with van der Waals surface area (Å²) >= 11 is 0. The number of β-amino-alcohol motifs (C(OH)–C–C–N with tert-alkyl or cyclic N) is 1. The molecule has 3 heterocycles. The molecule has 8 nitrogen and oxygen atoms in total. The molecule has 3 saturated heterocycles. The number of rotatable bonds is 12. The summed E-state index contributed by atoms with van der Waals surface area (Å²) in [5.41, 5.74) is -2.02. The highest BCUT2D eigenvalue weighted by Gasteiger charge is 2.80. The molecule has 6 atom stereocenters. The average molecular weight is 463 g/mol. The molecule has 3 rings (SSSR count). The predicted octanol–water partition coefficient (Wildman–Crippen LogP) is 1.92. The minimum atomic E-state index is -1.12. The van der Waals surface area contributed by atoms with Crippen molar-refractivity contribution in [2.75, 3.05) is 32.8 Å². The number of fused-ring (bicyclic) bond motifs is 1. The predicted molar refractivity (Wildman–Crippen MR) is 123 cm³/mol. The van der Waals surface area contributed by atoms with E-state index in [0.29, 0.717) is 25.9 Å². The van der Waals surface area contributed by atoms with E-state index in [-0.39, 0.29) is 37.5 Å². The molecule has 184 valence electrons. The van der Waals surface area contributed by atoms with E-state index in [1.807, 2.05) is 13.8 Å². The summed E-state index contributed by atoms with van der Waals surface area (Å²) in [6.07, 6.45) is 6.09. The first-order valence-electron chi connectivity index (χ1n) is 12.0. The summed E-state index contributed by atoms with van der Waals surface area (Å²) in [6.45, 7) is 14.1. The highest BCUT2D eigenvalue weighted by Crippen LogP contribution is 2.65. The van der Waals surface area contributed by atoms with E-state index in [1.54, 1.807) is 17.1 Å². The Morgan fingerprint density at radius 2 is 2.09 bits per heavy atom. The van der Waals surface area contributed by atoms with Crippen molar-refractivity contribution < 1.29 is 29.0 Å². The number of aliphatic hydroxyl groups excluding tert-OH is 1. The third-order valence-electron chi connectivity index (χ3n) is 7.65. The van der Waals surface area contributed by atoms with Crippen LogP contribution in [-0.4, -0.2) is 82.8 Å². The molecule has 0 aromatic heterocycles. The van der Waals surface area contributed by atoms with E-state index in [4.69, 9.17) is 9.47 Å². The summed E-state index contributed by atoms with van der Waals surface area (Å²) in [4.78, 5) is 43.9. The lowest BCUT2D eigenvalue weighted by atomic mass is 9.62. The minimum Gasteiger partial charge on any atom is -0.465 e. The van der Waals surface area contributed by atoms with Gasteiger partial charge in [-0.15, -0.1) is 13.2 Å². The van der Waals surface area contributed by atoms with Gasteiger partial charge in [-0.3, -0.25) is 14.4 Å². The Morgan fingerprint density at radius 1 is 1.36 bits per heavy atom. The molecule has 3 aliphatic heterocycles. The quantitative estimate of drug-likeness (QED) is 0.270. The van der Waals surface area contributed by atoms with Gasteiger partial charge in [0.1, 0.15) is 17.6 Å². The molecule has 2 bridgehead atoms. The van der Waals surface area contributed by atoms with Crippen LogP contribution < -0.4 is 0 Å². The van der Waals surface area contributed by atoms with E-state index < -0.39 is 35.0 Å². The molecule has 0 aromatic rings. The van der Waals surface area contributed by atoms with Crippen LogP contribution in [0, 0.1) is 17.8 Å². The fraction of sp³-hybridized carbons (Fsp3) is 0.720. The van der Waals surface area contributed by atoms with Gasteiger partial charge in [0.2, 0.25) is 11.8 Å². The lowest BCUT2D eigenvalue weighted by Gasteiger charge is -2.37. The average Bonchev–Trinajstić information content (AvgIpc) is 3.28. The summed E-state index contributed by atoms with van der Waals surface area (Å²) in [6, 6.07) is -0.894. The van der Waals surface area contributed by atoms with Gasteiger partial charge < -0.3 is 24.4 Å². The number of hydrogen-bond donors (Lipinski definition) is 1. The molecule has 33 heavy (non-hydrogen) atoms. The Kier molecular flexibility index (Phi) is 7.69. The lowest BCUT2D eigenvalue weighted by molar-refractivity contribution is -0.162. The first kappa shape index (κ1) is 25.4. The number of ether oxygens (including phenoxy) is 2. The Morgan fingerprint density at radius 3 is 2.70 bits per heavy atom. The van der Waals surface area contributed by atoms with Crippen molar-refractivity contribution in [2.24, 2.45) is 17.8 Å². The number of nitrogens with zero attached hydrogens (tertiary/aromatic N) is 2. The van der Waals surface area contributed by atoms with Crippen LogP contribution in [0.5, 0.6) is 0 Å². The molecule has 2 amide bonds. The summed E-state index contributed by atoms with van der Waals surface area (Å²) < 4.78 is 12.1. The van der Waals surface area contributed by atoms with Crippen molar-refractivity contribution in [1.82, 2.24) is 9.80 Å². The van der Waals surface area contributed by atoms with E-state index in [1.165, 1.54) is 4.90 Å². The molecule has 0 radical (unpaired) electrons. The normalized spacial score (nSPS) is 34.3. The summed E-state index contributed by atoms with van der Waals surface area (Å²) in [5, 5.41) is 9.70. The third-order valence-corrected chi connectivity index (χ3v) is 7.65. The molecule has 8 heteroatoms. The first-order chi connectivity index (χ1) is 15.7. The van der Waals surface area contributed by atoms with Crippen LogP contribution in [-0.2, 0) is 23.9 Å². The van der Waals surface area contributed by atoms with Crippen molar-refractivity contribution >= 4 is 17.8 Å². The molecule has 1 spiro atoms. The number of amides is 2. The smallest absolute Gasteiger partial charge is 0.312 e. The van der Waals surface area contributed by atoms with Crippen molar-refractivity contribution in [3.8, 4) is 0 Å². The van der Waals surface area contributed by atoms with Crippen molar-refractivity contribution in [2.45, 2.75) is 63.7 Å². The molecular formula is C25H38N2O6. The van der Waals surface area contributed by atoms with Gasteiger partial charge in [-0.1, -0.05) is 32.4 Å². The molecule has 3 fully saturated rings. The lowest BCUT2D eigenvalue weighted by Crippen LogP contribution is -2.57. The monoisotopic (exact) mass is 462 g/mol. The van der Waals surface area contributed by atoms with Gasteiger partial charge in [-0.05, 0) is 32.1 Å². The van der Waals surface area contributed by atoms with E-state index in [2.05, 4.69) is 20.1 Å². The highest BCUT2D eigenvalue weighted by molar-refractivity contribution is 5.98. The number of unbranched alkanes of at least 4 members (excludes halogenated alkanes) is 1. The third kappa shape index (κ3) is 4.01. The molecule has 3 aliphatic rings. The van der Waals surface area contributed by atoms with Crippen LogP contribution in [0.15, 0.2) is 25.3 Å². The van der Waals surface area contributed by atoms with E-state index in [0.717, 1.165) is 12.8 Å². The summed E-state index contributed by atoms with van der Waals surface area (Å²) in [5.74, 6) is -2.68. The number of aliphatic hydroxyl groups is 1. The second-order valence-electron chi connectivity index (χ2n) is 9.63. The van der Waals surface area contributed by atoms with Crippen molar-refractivity contribution in [1.29, 1.82) is 0 Å². The standard InChI is InChI=1S/C25H38N2O6/c1-6-9-12-26(11-8-3)22(30)20-25-16-17(4)24(5,33-25)19(23(31)32-15-10-7-2)18(25)21(29)27(20)13-14-28/h7-8,17-20,28H,2-3,6,9-16H2,1,4-5H3/t17?,18-,19-,20?,24+,25?/m0/s1. The molecule has 3 unspecified atom stereocenters. The van der Waals surface area contributed by atoms with Gasteiger partial charge in [-0.25, -0.2) is 0 Å². The fourth-order valence-corrected chi connectivity index (χ4v) is 6.03. The second kappa shape index (κ2) is 9.97. The zero-order valence-electron chi connectivity index (χ0n) is 20.1. The van der Waals surface area contributed by atoms with Crippen LogP contribution in [0.2, 0.25) is 0 Å². The Balaban J connectivity index is 2.02. The Labute approximate surface area is 196 Å². The fourth-order valence-electron chi connectivity index (χ4n) is 6.03. The number of esters is 1.